The molecule has 1 heterocycles. The van der Waals surface area contributed by atoms with E-state index in [0.29, 0.717) is 37.3 Å². The largest absolute Gasteiger partial charge is 0.507 e. The molecule has 0 unspecified atom stereocenters. The smallest absolute Gasteiger partial charge is 0.294 e. The fourth-order valence-electron chi connectivity index (χ4n) is 9.42. The van der Waals surface area contributed by atoms with Crippen LogP contribution in [0.25, 0.3) is 33.1 Å². The van der Waals surface area contributed by atoms with Gasteiger partial charge in [-0.1, -0.05) is 133 Å². The lowest BCUT2D eigenvalue weighted by atomic mass is 10.0. The molecule has 372 valence electrons. The van der Waals surface area contributed by atoms with E-state index in [1.807, 2.05) is 97.1 Å². The van der Waals surface area contributed by atoms with Gasteiger partial charge in [-0.25, -0.2) is 0 Å². The van der Waals surface area contributed by atoms with Crippen molar-refractivity contribution >= 4 is 67.8 Å². The highest BCUT2D eigenvalue weighted by molar-refractivity contribution is 6.42. The second-order valence-electron chi connectivity index (χ2n) is 18.2. The lowest BCUT2D eigenvalue weighted by Gasteiger charge is -2.33. The first-order valence-corrected chi connectivity index (χ1v) is 24.4. The van der Waals surface area contributed by atoms with Gasteiger partial charge in [0, 0.05) is 87.0 Å². The average Bonchev–Trinajstić information content (AvgIpc) is 3.44. The minimum atomic E-state index is -0.929. The number of aliphatic hydroxyl groups excluding tert-OH is 2. The van der Waals surface area contributed by atoms with Crippen LogP contribution in [0.4, 0.5) is 11.4 Å². The van der Waals surface area contributed by atoms with Crippen LogP contribution in [0, 0.1) is 0 Å². The van der Waals surface area contributed by atoms with Crippen LogP contribution in [0.2, 0.25) is 0 Å². The predicted molar refractivity (Wildman–Crippen MR) is 291 cm³/mol. The molecular weight excluding hydrogens is 929 g/mol. The maximum atomic E-state index is 13.5. The molecule has 12 nitrogen and oxygen atoms in total. The van der Waals surface area contributed by atoms with Crippen LogP contribution in [0.15, 0.2) is 194 Å². The molecule has 12 heteroatoms. The monoisotopic (exact) mass is 984 g/mol. The molecule has 0 saturated carbocycles. The van der Waals surface area contributed by atoms with E-state index >= 15 is 0 Å². The maximum Gasteiger partial charge on any atom is 0.294 e. The summed E-state index contributed by atoms with van der Waals surface area (Å²) in [5.41, 5.74) is 6.49. The first kappa shape index (κ1) is 49.8. The summed E-state index contributed by atoms with van der Waals surface area (Å²) in [5.74, 6) is -2.83. The van der Waals surface area contributed by atoms with E-state index in [1.54, 1.807) is 50.6 Å². The molecule has 0 radical (unpaired) electrons. The van der Waals surface area contributed by atoms with Gasteiger partial charge in [-0.3, -0.25) is 19.2 Å². The number of rotatable bonds is 18. The second-order valence-corrected chi connectivity index (χ2v) is 18.2. The highest BCUT2D eigenvalue weighted by atomic mass is 16.5. The van der Waals surface area contributed by atoms with Crippen molar-refractivity contribution in [1.82, 2.24) is 9.80 Å². The molecule has 0 aromatic heterocycles. The first-order valence-electron chi connectivity index (χ1n) is 24.4. The number of nitrogens with zero attached hydrogens (tertiary/aromatic N) is 4. The number of ketones is 2. The van der Waals surface area contributed by atoms with E-state index in [9.17, 15) is 29.4 Å². The number of benzene rings is 8. The van der Waals surface area contributed by atoms with Gasteiger partial charge in [-0.15, -0.1) is 0 Å². The van der Waals surface area contributed by atoms with Crippen molar-refractivity contribution in [2.24, 2.45) is 0 Å². The molecule has 1 saturated heterocycles. The Bertz CT molecular complexity index is 3190. The number of methoxy groups -OCH3 is 2. The van der Waals surface area contributed by atoms with Gasteiger partial charge in [0.05, 0.1) is 14.2 Å². The van der Waals surface area contributed by atoms with Crippen LogP contribution in [0.3, 0.4) is 0 Å². The number of hydrogen-bond donors (Lipinski definition) is 2. The van der Waals surface area contributed by atoms with Gasteiger partial charge in [0.1, 0.15) is 23.0 Å². The number of anilines is 2. The fourth-order valence-corrected chi connectivity index (χ4v) is 9.42. The number of hydrogen-bond acceptors (Lipinski definition) is 10. The third kappa shape index (κ3) is 11.8. The molecule has 0 atom stereocenters. The highest BCUT2D eigenvalue weighted by Crippen LogP contribution is 2.30. The molecule has 9 rings (SSSR count). The number of fused-ring (bicyclic) bond motifs is 2. The topological polar surface area (TPSA) is 140 Å². The quantitative estimate of drug-likeness (QED) is 0.0485. The minimum Gasteiger partial charge on any atom is -0.507 e. The molecule has 2 N–H and O–H groups in total. The van der Waals surface area contributed by atoms with Crippen LogP contribution >= 0.6 is 0 Å². The highest BCUT2D eigenvalue weighted by Gasteiger charge is 2.30. The average molecular weight is 985 g/mol. The molecule has 0 aliphatic carbocycles. The van der Waals surface area contributed by atoms with Crippen molar-refractivity contribution in [3.8, 4) is 11.5 Å². The van der Waals surface area contributed by atoms with E-state index in [2.05, 4.69) is 58.3 Å². The van der Waals surface area contributed by atoms with Crippen molar-refractivity contribution < 1.29 is 38.9 Å². The maximum absolute atomic E-state index is 13.5. The molecule has 0 spiro atoms. The number of carbonyl (C=O) groups is 4. The zero-order chi connectivity index (χ0) is 51.6. The van der Waals surface area contributed by atoms with Crippen molar-refractivity contribution in [1.29, 1.82) is 0 Å². The van der Waals surface area contributed by atoms with Crippen LogP contribution in [-0.4, -0.2) is 83.8 Å². The Morgan fingerprint density at radius 3 is 1.26 bits per heavy atom. The van der Waals surface area contributed by atoms with Gasteiger partial charge in [0.2, 0.25) is 11.6 Å². The van der Waals surface area contributed by atoms with Crippen LogP contribution in [0.5, 0.6) is 11.5 Å². The van der Waals surface area contributed by atoms with Gasteiger partial charge in [-0.05, 0) is 92.3 Å². The van der Waals surface area contributed by atoms with Crippen molar-refractivity contribution in [3.63, 3.8) is 0 Å². The van der Waals surface area contributed by atoms with Crippen molar-refractivity contribution in [2.75, 3.05) is 50.2 Å². The Balaban J connectivity index is 0.847. The van der Waals surface area contributed by atoms with Gasteiger partial charge in [0.25, 0.3) is 11.8 Å². The summed E-state index contributed by atoms with van der Waals surface area (Å²) in [4.78, 5) is 60.7. The summed E-state index contributed by atoms with van der Waals surface area (Å²) in [6, 6.07) is 58.8. The van der Waals surface area contributed by atoms with E-state index < -0.39 is 23.4 Å². The van der Waals surface area contributed by atoms with E-state index in [1.165, 1.54) is 9.80 Å². The van der Waals surface area contributed by atoms with E-state index in [-0.39, 0.29) is 37.7 Å². The molecule has 8 aromatic carbocycles. The van der Waals surface area contributed by atoms with Crippen molar-refractivity contribution in [3.05, 3.63) is 228 Å². The van der Waals surface area contributed by atoms with E-state index in [0.717, 1.165) is 78.8 Å². The Morgan fingerprint density at radius 1 is 0.459 bits per heavy atom. The summed E-state index contributed by atoms with van der Waals surface area (Å²) in [5, 5.41) is 27.1. The van der Waals surface area contributed by atoms with Gasteiger partial charge < -0.3 is 39.3 Å². The van der Waals surface area contributed by atoms with Crippen LogP contribution < -0.4 is 19.3 Å². The molecular formula is C62H56N4O8. The molecule has 8 aromatic rings. The molecule has 2 amide bonds. The van der Waals surface area contributed by atoms with Gasteiger partial charge in [-0.2, -0.15) is 0 Å². The number of carbonyl (C=O) groups excluding carboxylic acids is 4. The third-order valence-corrected chi connectivity index (χ3v) is 13.3. The predicted octanol–water partition coefficient (Wildman–Crippen LogP) is 10.7. The Labute approximate surface area is 430 Å². The molecule has 74 heavy (non-hydrogen) atoms. The number of ether oxygens (including phenoxy) is 2. The number of aliphatic hydroxyl groups is 2. The lowest BCUT2D eigenvalue weighted by molar-refractivity contribution is -0.147. The Hall–Kier alpha value is -9.16. The normalized spacial score (nSPS) is 12.9. The zero-order valence-corrected chi connectivity index (χ0v) is 41.3. The lowest BCUT2D eigenvalue weighted by Crippen LogP contribution is -2.53. The molecule has 0 bridgehead atoms. The van der Waals surface area contributed by atoms with E-state index in [4.69, 9.17) is 9.47 Å². The van der Waals surface area contributed by atoms with Gasteiger partial charge in [0.15, 0.2) is 0 Å². The summed E-state index contributed by atoms with van der Waals surface area (Å²) in [6.45, 7) is 2.03. The second kappa shape index (κ2) is 22.9. The Kier molecular flexibility index (Phi) is 15.4. The van der Waals surface area contributed by atoms with Crippen molar-refractivity contribution in [2.45, 2.75) is 26.2 Å². The fraction of sp³-hybridized carbons (Fsp3) is 0.161. The Morgan fingerprint density at radius 2 is 0.838 bits per heavy atom. The SMILES string of the molecule is COc1cccc(CN(Cc2cccc3ccccc23)c2cccc(/C(O)=C/C(=O)C(=O)N3CCN(C(=O)C(=O)/C=C(\O)c4cccc(N(Cc5cccc(OC)c5)Cc5cccc6ccccc56)c4)CC3)c2)c1. The molecule has 1 fully saturated rings. The summed E-state index contributed by atoms with van der Waals surface area (Å²) in [6.07, 6.45) is 1.84. The van der Waals surface area contributed by atoms with Crippen LogP contribution in [0.1, 0.15) is 33.4 Å². The number of piperazine rings is 1. The molecule has 1 aliphatic rings. The van der Waals surface area contributed by atoms with Gasteiger partial charge >= 0.3 is 0 Å². The minimum absolute atomic E-state index is 0.0152. The zero-order valence-electron chi connectivity index (χ0n) is 41.3. The number of amides is 2. The van der Waals surface area contributed by atoms with Crippen LogP contribution in [-0.2, 0) is 45.4 Å². The first-order chi connectivity index (χ1) is 36.0. The molecule has 1 aliphatic heterocycles. The standard InChI is InChI=1S/C62H56N4O8/c1-73-53-25-7-13-43(33-53)39-65(41-49-21-9-17-45-15-3-5-27-55(45)49)51-23-11-19-47(35-51)57(67)37-59(69)61(71)63-29-31-64(32-30-63)62(72)60(70)38-58(68)48-20-12-24-52(36-48)66(40-44-14-8-26-54(34-44)74-2)42-50-22-10-18-46-16-4-6-28-56(46)50/h3-28,33-38,67-68H,29-32,39-42H2,1-2H3/b57-37-,58-38-. The summed E-state index contributed by atoms with van der Waals surface area (Å²) >= 11 is 0. The summed E-state index contributed by atoms with van der Waals surface area (Å²) < 4.78 is 11.0. The third-order valence-electron chi connectivity index (χ3n) is 13.3. The summed E-state index contributed by atoms with van der Waals surface area (Å²) in [7, 11) is 3.26.